The Balaban J connectivity index is 0.00000280. The normalized spacial score (nSPS) is 14.4. The molecule has 2 aromatic rings. The van der Waals surface area contributed by atoms with E-state index in [1.807, 2.05) is 37.5 Å². The second-order valence-electron chi connectivity index (χ2n) is 6.38. The van der Waals surface area contributed by atoms with Crippen LogP contribution in [0.2, 0.25) is 0 Å². The maximum absolute atomic E-state index is 5.74. The van der Waals surface area contributed by atoms with E-state index in [-0.39, 0.29) is 24.0 Å². The topological polar surface area (TPSA) is 65.9 Å². The minimum Gasteiger partial charge on any atom is -0.477 e. The summed E-state index contributed by atoms with van der Waals surface area (Å²) >= 11 is 0. The first-order valence-corrected chi connectivity index (χ1v) is 9.50. The minimum absolute atomic E-state index is 0. The van der Waals surface area contributed by atoms with Gasteiger partial charge in [0.2, 0.25) is 5.88 Å². The third-order valence-electron chi connectivity index (χ3n) is 4.49. The van der Waals surface area contributed by atoms with E-state index in [1.165, 1.54) is 0 Å². The van der Waals surface area contributed by atoms with Crippen LogP contribution in [0.25, 0.3) is 0 Å². The Bertz CT molecular complexity index is 734. The zero-order chi connectivity index (χ0) is 18.9. The lowest BCUT2D eigenvalue weighted by Gasteiger charge is -2.37. The van der Waals surface area contributed by atoms with Gasteiger partial charge in [0.15, 0.2) is 5.96 Å². The summed E-state index contributed by atoms with van der Waals surface area (Å²) in [5.74, 6) is 2.64. The van der Waals surface area contributed by atoms with Gasteiger partial charge in [-0.15, -0.1) is 24.0 Å². The van der Waals surface area contributed by atoms with Crippen LogP contribution in [0.1, 0.15) is 18.9 Å². The molecule has 1 saturated heterocycles. The number of rotatable bonds is 6. The Labute approximate surface area is 184 Å². The number of ether oxygens (including phenoxy) is 1. The molecule has 0 bridgehead atoms. The van der Waals surface area contributed by atoms with E-state index in [0.29, 0.717) is 19.0 Å². The summed E-state index contributed by atoms with van der Waals surface area (Å²) in [6.45, 7) is 7.07. The Morgan fingerprint density at radius 3 is 2.57 bits per heavy atom. The number of pyridine rings is 2. The highest BCUT2D eigenvalue weighted by Crippen LogP contribution is 2.15. The Morgan fingerprint density at radius 2 is 1.89 bits per heavy atom. The standard InChI is InChI=1S/C20H28N6O.HI/c1-3-15-27-19-17(7-6-10-23-19)16-24-20(21-2)26-13-11-25(12-14-26)18-8-4-5-9-22-18;/h4-10H,3,11-16H2,1-2H3,(H,21,24);1H. The van der Waals surface area contributed by atoms with Gasteiger partial charge in [-0.2, -0.15) is 0 Å². The molecule has 2 aromatic heterocycles. The molecule has 0 saturated carbocycles. The van der Waals surface area contributed by atoms with Crippen LogP contribution >= 0.6 is 24.0 Å². The van der Waals surface area contributed by atoms with Gasteiger partial charge in [-0.05, 0) is 24.6 Å². The molecule has 0 unspecified atom stereocenters. The Hall–Kier alpha value is -2.10. The summed E-state index contributed by atoms with van der Waals surface area (Å²) in [6.07, 6.45) is 4.57. The van der Waals surface area contributed by atoms with Crippen LogP contribution in [-0.2, 0) is 6.54 Å². The van der Waals surface area contributed by atoms with Crippen molar-refractivity contribution in [2.75, 3.05) is 44.7 Å². The fourth-order valence-electron chi connectivity index (χ4n) is 3.08. The molecule has 3 rings (SSSR count). The maximum Gasteiger partial charge on any atom is 0.218 e. The lowest BCUT2D eigenvalue weighted by molar-refractivity contribution is 0.301. The van der Waals surface area contributed by atoms with Gasteiger partial charge < -0.3 is 19.9 Å². The highest BCUT2D eigenvalue weighted by atomic mass is 127. The van der Waals surface area contributed by atoms with Crippen LogP contribution in [0.15, 0.2) is 47.7 Å². The van der Waals surface area contributed by atoms with Crippen molar-refractivity contribution in [2.24, 2.45) is 4.99 Å². The largest absolute Gasteiger partial charge is 0.477 e. The Kier molecular flexibility index (Phi) is 9.26. The van der Waals surface area contributed by atoms with Crippen molar-refractivity contribution in [3.8, 4) is 5.88 Å². The fourth-order valence-corrected chi connectivity index (χ4v) is 3.08. The summed E-state index contributed by atoms with van der Waals surface area (Å²) in [7, 11) is 1.82. The second-order valence-corrected chi connectivity index (χ2v) is 6.38. The van der Waals surface area contributed by atoms with Gasteiger partial charge in [0.05, 0.1) is 6.61 Å². The van der Waals surface area contributed by atoms with Gasteiger partial charge in [0.25, 0.3) is 0 Å². The third kappa shape index (κ3) is 5.95. The van der Waals surface area contributed by atoms with Gasteiger partial charge in [-0.3, -0.25) is 4.99 Å². The maximum atomic E-state index is 5.74. The van der Waals surface area contributed by atoms with Crippen molar-refractivity contribution in [3.05, 3.63) is 48.3 Å². The fraction of sp³-hybridized carbons (Fsp3) is 0.450. The van der Waals surface area contributed by atoms with Crippen LogP contribution in [-0.4, -0.2) is 60.7 Å². The number of aromatic nitrogens is 2. The number of halogens is 1. The number of nitrogens with one attached hydrogen (secondary N) is 1. The molecular formula is C20H29IN6O. The molecule has 152 valence electrons. The lowest BCUT2D eigenvalue weighted by Crippen LogP contribution is -2.52. The molecule has 7 nitrogen and oxygen atoms in total. The van der Waals surface area contributed by atoms with Crippen LogP contribution in [0, 0.1) is 0 Å². The molecule has 1 fully saturated rings. The molecule has 1 N–H and O–H groups in total. The quantitative estimate of drug-likeness (QED) is 0.377. The molecule has 0 aromatic carbocycles. The average Bonchev–Trinajstić information content (AvgIpc) is 2.74. The highest BCUT2D eigenvalue weighted by molar-refractivity contribution is 14.0. The van der Waals surface area contributed by atoms with Gasteiger partial charge in [0, 0.05) is 57.7 Å². The number of hydrogen-bond acceptors (Lipinski definition) is 5. The van der Waals surface area contributed by atoms with Gasteiger partial charge in [0.1, 0.15) is 5.82 Å². The van der Waals surface area contributed by atoms with Crippen molar-refractivity contribution >= 4 is 35.8 Å². The van der Waals surface area contributed by atoms with E-state index in [9.17, 15) is 0 Å². The molecule has 28 heavy (non-hydrogen) atoms. The number of nitrogens with zero attached hydrogens (tertiary/aromatic N) is 5. The van der Waals surface area contributed by atoms with E-state index >= 15 is 0 Å². The second kappa shape index (κ2) is 11.7. The van der Waals surface area contributed by atoms with Crippen molar-refractivity contribution < 1.29 is 4.74 Å². The predicted molar refractivity (Wildman–Crippen MR) is 124 cm³/mol. The van der Waals surface area contributed by atoms with Crippen LogP contribution in [0.5, 0.6) is 5.88 Å². The number of aliphatic imine (C=N–C) groups is 1. The number of anilines is 1. The minimum atomic E-state index is 0. The van der Waals surface area contributed by atoms with Crippen molar-refractivity contribution in [1.29, 1.82) is 0 Å². The SMILES string of the molecule is CCCOc1ncccc1CNC(=NC)N1CCN(c2ccccn2)CC1.I. The summed E-state index contributed by atoms with van der Waals surface area (Å²) in [5, 5.41) is 3.45. The first-order chi connectivity index (χ1) is 13.3. The van der Waals surface area contributed by atoms with E-state index in [2.05, 4.69) is 43.1 Å². The first-order valence-electron chi connectivity index (χ1n) is 9.50. The molecule has 0 spiro atoms. The molecule has 1 aliphatic heterocycles. The summed E-state index contributed by atoms with van der Waals surface area (Å²) in [6, 6.07) is 10.0. The van der Waals surface area contributed by atoms with Gasteiger partial charge in [-0.25, -0.2) is 9.97 Å². The average molecular weight is 496 g/mol. The van der Waals surface area contributed by atoms with E-state index in [0.717, 1.165) is 49.9 Å². The van der Waals surface area contributed by atoms with Crippen molar-refractivity contribution in [2.45, 2.75) is 19.9 Å². The molecule has 1 aliphatic rings. The number of hydrogen-bond donors (Lipinski definition) is 1. The zero-order valence-corrected chi connectivity index (χ0v) is 18.9. The van der Waals surface area contributed by atoms with Crippen LogP contribution < -0.4 is 15.0 Å². The number of guanidine groups is 1. The van der Waals surface area contributed by atoms with Crippen molar-refractivity contribution in [1.82, 2.24) is 20.2 Å². The van der Waals surface area contributed by atoms with E-state index in [1.54, 1.807) is 6.20 Å². The predicted octanol–water partition coefficient (Wildman–Crippen LogP) is 2.78. The molecular weight excluding hydrogens is 467 g/mol. The van der Waals surface area contributed by atoms with Gasteiger partial charge >= 0.3 is 0 Å². The third-order valence-corrected chi connectivity index (χ3v) is 4.49. The first kappa shape index (κ1) is 22.2. The molecule has 3 heterocycles. The molecule has 0 aliphatic carbocycles. The van der Waals surface area contributed by atoms with E-state index in [4.69, 9.17) is 4.74 Å². The summed E-state index contributed by atoms with van der Waals surface area (Å²) < 4.78 is 5.74. The molecule has 0 amide bonds. The molecule has 0 radical (unpaired) electrons. The summed E-state index contributed by atoms with van der Waals surface area (Å²) in [5.41, 5.74) is 1.04. The smallest absolute Gasteiger partial charge is 0.218 e. The molecule has 0 atom stereocenters. The monoisotopic (exact) mass is 496 g/mol. The Morgan fingerprint density at radius 1 is 1.11 bits per heavy atom. The van der Waals surface area contributed by atoms with E-state index < -0.39 is 0 Å². The zero-order valence-electron chi connectivity index (χ0n) is 16.5. The van der Waals surface area contributed by atoms with Gasteiger partial charge in [-0.1, -0.05) is 19.1 Å². The number of piperazine rings is 1. The molecule has 8 heteroatoms. The lowest BCUT2D eigenvalue weighted by atomic mass is 10.2. The van der Waals surface area contributed by atoms with Crippen LogP contribution in [0.3, 0.4) is 0 Å². The summed E-state index contributed by atoms with van der Waals surface area (Å²) in [4.78, 5) is 17.8. The van der Waals surface area contributed by atoms with Crippen molar-refractivity contribution in [3.63, 3.8) is 0 Å². The highest BCUT2D eigenvalue weighted by Gasteiger charge is 2.20. The van der Waals surface area contributed by atoms with Crippen LogP contribution in [0.4, 0.5) is 5.82 Å².